The van der Waals surface area contributed by atoms with Crippen molar-refractivity contribution >= 4 is 17.3 Å². The molecule has 0 aliphatic rings. The van der Waals surface area contributed by atoms with Gasteiger partial charge < -0.3 is 20.7 Å². The van der Waals surface area contributed by atoms with E-state index >= 15 is 0 Å². The highest BCUT2D eigenvalue weighted by Gasteiger charge is 2.13. The molecule has 0 spiro atoms. The van der Waals surface area contributed by atoms with Crippen molar-refractivity contribution in [2.75, 3.05) is 30.8 Å². The fourth-order valence-electron chi connectivity index (χ4n) is 1.78. The Hall–Kier alpha value is -1.91. The number of nitrogens with two attached hydrogens (primary N) is 1. The van der Waals surface area contributed by atoms with Crippen LogP contribution in [0.2, 0.25) is 0 Å². The number of benzene rings is 1. The molecule has 0 fully saturated rings. The Morgan fingerprint density at radius 3 is 2.74 bits per heavy atom. The highest BCUT2D eigenvalue weighted by Crippen LogP contribution is 2.32. The predicted molar refractivity (Wildman–Crippen MR) is 78.6 cm³/mol. The third-order valence-electron chi connectivity index (χ3n) is 2.57. The fraction of sp³-hybridized carbons (Fsp3) is 0.500. The van der Waals surface area contributed by atoms with Crippen molar-refractivity contribution in [2.24, 2.45) is 0 Å². The normalized spacial score (nSPS) is 10.4. The van der Waals surface area contributed by atoms with Crippen LogP contribution in [0.1, 0.15) is 20.8 Å². The number of para-hydroxylation sites is 1. The Labute approximate surface area is 114 Å². The van der Waals surface area contributed by atoms with Crippen molar-refractivity contribution in [1.82, 2.24) is 5.32 Å². The monoisotopic (exact) mass is 265 g/mol. The van der Waals surface area contributed by atoms with Crippen LogP contribution in [0.25, 0.3) is 0 Å². The minimum atomic E-state index is -0.0282. The average Bonchev–Trinajstić information content (AvgIpc) is 2.31. The van der Waals surface area contributed by atoms with E-state index in [0.717, 1.165) is 5.69 Å². The molecular weight excluding hydrogens is 242 g/mol. The summed E-state index contributed by atoms with van der Waals surface area (Å²) in [6, 6.07) is 5.58. The zero-order chi connectivity index (χ0) is 14.4. The topological polar surface area (TPSA) is 67.6 Å². The smallest absolute Gasteiger partial charge is 0.239 e. The molecule has 0 saturated heterocycles. The number of hydrogen-bond acceptors (Lipinski definition) is 4. The largest absolute Gasteiger partial charge is 0.489 e. The zero-order valence-electron chi connectivity index (χ0n) is 12.1. The molecule has 5 heteroatoms. The molecule has 0 unspecified atom stereocenters. The molecule has 1 rings (SSSR count). The molecule has 19 heavy (non-hydrogen) atoms. The van der Waals surface area contributed by atoms with E-state index in [1.807, 2.05) is 50.9 Å². The van der Waals surface area contributed by atoms with Gasteiger partial charge in [0, 0.05) is 13.6 Å². The Kier molecular flexibility index (Phi) is 5.48. The summed E-state index contributed by atoms with van der Waals surface area (Å²) in [6.45, 7) is 6.68. The molecule has 1 aromatic rings. The number of nitrogens with zero attached hydrogens (tertiary/aromatic N) is 1. The maximum Gasteiger partial charge on any atom is 0.239 e. The van der Waals surface area contributed by atoms with Crippen molar-refractivity contribution in [1.29, 1.82) is 0 Å². The van der Waals surface area contributed by atoms with Crippen LogP contribution in [0.4, 0.5) is 11.4 Å². The van der Waals surface area contributed by atoms with E-state index in [4.69, 9.17) is 10.5 Å². The third kappa shape index (κ3) is 4.35. The van der Waals surface area contributed by atoms with Gasteiger partial charge in [-0.25, -0.2) is 0 Å². The summed E-state index contributed by atoms with van der Waals surface area (Å²) in [4.78, 5) is 13.4. The van der Waals surface area contributed by atoms with Gasteiger partial charge >= 0.3 is 0 Å². The fourth-order valence-corrected chi connectivity index (χ4v) is 1.78. The molecule has 0 bridgehead atoms. The molecule has 0 aliphatic heterocycles. The van der Waals surface area contributed by atoms with Gasteiger partial charge in [-0.1, -0.05) is 6.07 Å². The van der Waals surface area contributed by atoms with Crippen molar-refractivity contribution in [2.45, 2.75) is 26.9 Å². The van der Waals surface area contributed by atoms with Crippen LogP contribution >= 0.6 is 0 Å². The first-order valence-electron chi connectivity index (χ1n) is 6.48. The van der Waals surface area contributed by atoms with Gasteiger partial charge in [-0.05, 0) is 32.9 Å². The van der Waals surface area contributed by atoms with Crippen molar-refractivity contribution in [3.63, 3.8) is 0 Å². The number of ether oxygens (including phenoxy) is 1. The Balaban J connectivity index is 2.85. The number of rotatable bonds is 6. The van der Waals surface area contributed by atoms with Gasteiger partial charge in [0.2, 0.25) is 5.91 Å². The Morgan fingerprint density at radius 2 is 2.16 bits per heavy atom. The quantitative estimate of drug-likeness (QED) is 0.767. The van der Waals surface area contributed by atoms with E-state index in [1.54, 1.807) is 0 Å². The number of amides is 1. The van der Waals surface area contributed by atoms with Crippen LogP contribution in [0.3, 0.4) is 0 Å². The maximum absolute atomic E-state index is 11.6. The van der Waals surface area contributed by atoms with Crippen molar-refractivity contribution in [3.05, 3.63) is 18.2 Å². The number of nitrogen functional groups attached to an aromatic ring is 1. The van der Waals surface area contributed by atoms with Gasteiger partial charge in [0.1, 0.15) is 5.75 Å². The highest BCUT2D eigenvalue weighted by atomic mass is 16.5. The van der Waals surface area contributed by atoms with Gasteiger partial charge in [-0.15, -0.1) is 0 Å². The minimum absolute atomic E-state index is 0.0282. The lowest BCUT2D eigenvalue weighted by Crippen LogP contribution is -2.35. The summed E-state index contributed by atoms with van der Waals surface area (Å²) in [6.07, 6.45) is 0.0613. The molecule has 0 aliphatic carbocycles. The molecule has 0 radical (unpaired) electrons. The Morgan fingerprint density at radius 1 is 1.47 bits per heavy atom. The first-order valence-corrected chi connectivity index (χ1v) is 6.48. The minimum Gasteiger partial charge on any atom is -0.489 e. The summed E-state index contributed by atoms with van der Waals surface area (Å²) in [5.74, 6) is 0.620. The van der Waals surface area contributed by atoms with Gasteiger partial charge in [-0.2, -0.15) is 0 Å². The molecule has 0 aromatic heterocycles. The second kappa shape index (κ2) is 6.87. The second-order valence-corrected chi connectivity index (χ2v) is 4.67. The van der Waals surface area contributed by atoms with Crippen molar-refractivity contribution < 1.29 is 9.53 Å². The van der Waals surface area contributed by atoms with Crippen LogP contribution in [0.15, 0.2) is 18.2 Å². The molecule has 106 valence electrons. The van der Waals surface area contributed by atoms with Crippen LogP contribution in [-0.4, -0.2) is 32.1 Å². The van der Waals surface area contributed by atoms with Gasteiger partial charge in [0.25, 0.3) is 0 Å². The lowest BCUT2D eigenvalue weighted by Gasteiger charge is -2.22. The Bertz CT molecular complexity index is 433. The summed E-state index contributed by atoms with van der Waals surface area (Å²) < 4.78 is 5.64. The van der Waals surface area contributed by atoms with Crippen LogP contribution in [0.5, 0.6) is 5.75 Å². The standard InChI is InChI=1S/C14H23N3O2/c1-5-16-13(18)9-17(4)11-7-6-8-12(14(11)15)19-10(2)3/h6-8,10H,5,9,15H2,1-4H3,(H,16,18). The first-order chi connectivity index (χ1) is 8.95. The summed E-state index contributed by atoms with van der Waals surface area (Å²) in [5.41, 5.74) is 7.44. The van der Waals surface area contributed by atoms with E-state index in [9.17, 15) is 4.79 Å². The maximum atomic E-state index is 11.6. The van der Waals surface area contributed by atoms with Gasteiger partial charge in [0.15, 0.2) is 0 Å². The summed E-state index contributed by atoms with van der Waals surface area (Å²) in [5, 5.41) is 2.76. The molecule has 5 nitrogen and oxygen atoms in total. The first kappa shape index (κ1) is 15.1. The van der Waals surface area contributed by atoms with E-state index in [2.05, 4.69) is 5.32 Å². The SMILES string of the molecule is CCNC(=O)CN(C)c1cccc(OC(C)C)c1N. The number of carbonyl (C=O) groups is 1. The van der Waals surface area contributed by atoms with Crippen molar-refractivity contribution in [3.8, 4) is 5.75 Å². The zero-order valence-corrected chi connectivity index (χ0v) is 12.1. The number of hydrogen-bond donors (Lipinski definition) is 2. The van der Waals surface area contributed by atoms with Gasteiger partial charge in [-0.3, -0.25) is 4.79 Å². The number of likely N-dealkylation sites (N-methyl/N-ethyl adjacent to an activating group) is 2. The molecule has 3 N–H and O–H groups in total. The molecule has 0 atom stereocenters. The van der Waals surface area contributed by atoms with Crippen LogP contribution in [0, 0.1) is 0 Å². The van der Waals surface area contributed by atoms with E-state index in [1.165, 1.54) is 0 Å². The molecule has 0 heterocycles. The highest BCUT2D eigenvalue weighted by molar-refractivity contribution is 5.84. The van der Waals surface area contributed by atoms with Gasteiger partial charge in [0.05, 0.1) is 24.0 Å². The number of anilines is 2. The molecule has 0 saturated carbocycles. The molecule has 1 amide bonds. The number of carbonyl (C=O) groups excluding carboxylic acids is 1. The number of nitrogens with one attached hydrogen (secondary N) is 1. The molecule has 1 aromatic carbocycles. The third-order valence-corrected chi connectivity index (χ3v) is 2.57. The van der Waals surface area contributed by atoms with E-state index in [0.29, 0.717) is 18.0 Å². The molecular formula is C14H23N3O2. The lowest BCUT2D eigenvalue weighted by molar-refractivity contribution is -0.119. The predicted octanol–water partition coefficient (Wildman–Crippen LogP) is 1.63. The van der Waals surface area contributed by atoms with E-state index in [-0.39, 0.29) is 18.6 Å². The average molecular weight is 265 g/mol. The summed E-state index contributed by atoms with van der Waals surface area (Å²) >= 11 is 0. The second-order valence-electron chi connectivity index (χ2n) is 4.67. The lowest BCUT2D eigenvalue weighted by atomic mass is 10.2. The van der Waals surface area contributed by atoms with E-state index < -0.39 is 0 Å². The summed E-state index contributed by atoms with van der Waals surface area (Å²) in [7, 11) is 1.83. The van der Waals surface area contributed by atoms with Crippen LogP contribution in [-0.2, 0) is 4.79 Å². The van der Waals surface area contributed by atoms with Crippen LogP contribution < -0.4 is 20.7 Å².